The Labute approximate surface area is 132 Å². The van der Waals surface area contributed by atoms with Gasteiger partial charge in [0.2, 0.25) is 0 Å². The Balaban J connectivity index is 2.63. The predicted octanol–water partition coefficient (Wildman–Crippen LogP) is 4.85. The van der Waals surface area contributed by atoms with Crippen LogP contribution in [0, 0.1) is 0 Å². The number of hydrogen-bond donors (Lipinski definition) is 0. The molecule has 0 bridgehead atoms. The molecule has 0 aromatic heterocycles. The van der Waals surface area contributed by atoms with Crippen molar-refractivity contribution in [1.29, 1.82) is 0 Å². The lowest BCUT2D eigenvalue weighted by Gasteiger charge is -2.15. The Hall–Kier alpha value is -2.35. The third kappa shape index (κ3) is 3.85. The fourth-order valence-electron chi connectivity index (χ4n) is 2.53. The van der Waals surface area contributed by atoms with E-state index in [-0.39, 0.29) is 5.97 Å². The van der Waals surface area contributed by atoms with Gasteiger partial charge in [-0.1, -0.05) is 74.0 Å². The number of ether oxygens (including phenoxy) is 1. The molecule has 0 radical (unpaired) electrons. The van der Waals surface area contributed by atoms with Crippen molar-refractivity contribution >= 4 is 11.5 Å². The first-order chi connectivity index (χ1) is 10.8. The average Bonchev–Trinajstić information content (AvgIpc) is 2.59. The SMILES string of the molecule is CCCCC(C(=O)OC)=C(c1ccccc1)c1ccccc1. The van der Waals surface area contributed by atoms with Gasteiger partial charge in [0.05, 0.1) is 7.11 Å². The van der Waals surface area contributed by atoms with E-state index in [0.29, 0.717) is 0 Å². The maximum Gasteiger partial charge on any atom is 0.334 e. The Kier molecular flexibility index (Phi) is 5.96. The van der Waals surface area contributed by atoms with Crippen LogP contribution in [0.3, 0.4) is 0 Å². The number of benzene rings is 2. The van der Waals surface area contributed by atoms with Crippen molar-refractivity contribution in [3.8, 4) is 0 Å². The number of rotatable bonds is 6. The summed E-state index contributed by atoms with van der Waals surface area (Å²) < 4.78 is 5.04. The number of hydrogen-bond acceptors (Lipinski definition) is 2. The maximum atomic E-state index is 12.3. The van der Waals surface area contributed by atoms with Gasteiger partial charge in [-0.3, -0.25) is 0 Å². The summed E-state index contributed by atoms with van der Waals surface area (Å²) in [6.45, 7) is 2.12. The molecule has 0 unspecified atom stereocenters. The zero-order valence-corrected chi connectivity index (χ0v) is 13.2. The highest BCUT2D eigenvalue weighted by Gasteiger charge is 2.18. The maximum absolute atomic E-state index is 12.3. The van der Waals surface area contributed by atoms with E-state index < -0.39 is 0 Å². The van der Waals surface area contributed by atoms with Gasteiger partial charge in [0.1, 0.15) is 0 Å². The van der Waals surface area contributed by atoms with Crippen molar-refractivity contribution in [3.63, 3.8) is 0 Å². The van der Waals surface area contributed by atoms with Crippen LogP contribution in [0.25, 0.3) is 5.57 Å². The molecule has 0 amide bonds. The minimum absolute atomic E-state index is 0.240. The second kappa shape index (κ2) is 8.18. The minimum Gasteiger partial charge on any atom is -0.466 e. The number of carbonyl (C=O) groups excluding carboxylic acids is 1. The second-order valence-electron chi connectivity index (χ2n) is 5.18. The second-order valence-corrected chi connectivity index (χ2v) is 5.18. The number of esters is 1. The standard InChI is InChI=1S/C20H22O2/c1-3-4-15-18(20(21)22-2)19(16-11-7-5-8-12-16)17-13-9-6-10-14-17/h5-14H,3-4,15H2,1-2H3. The first-order valence-electron chi connectivity index (χ1n) is 7.70. The van der Waals surface area contributed by atoms with Crippen molar-refractivity contribution < 1.29 is 9.53 Å². The van der Waals surface area contributed by atoms with Crippen LogP contribution in [0.4, 0.5) is 0 Å². The zero-order valence-electron chi connectivity index (χ0n) is 13.2. The zero-order chi connectivity index (χ0) is 15.8. The van der Waals surface area contributed by atoms with E-state index in [1.807, 2.05) is 60.7 Å². The fraction of sp³-hybridized carbons (Fsp3) is 0.250. The molecule has 0 aliphatic heterocycles. The lowest BCUT2D eigenvalue weighted by atomic mass is 9.90. The van der Waals surface area contributed by atoms with Crippen LogP contribution < -0.4 is 0 Å². The normalized spacial score (nSPS) is 10.1. The predicted molar refractivity (Wildman–Crippen MR) is 90.4 cm³/mol. The molecular weight excluding hydrogens is 272 g/mol. The van der Waals surface area contributed by atoms with Crippen molar-refractivity contribution in [2.24, 2.45) is 0 Å². The first kappa shape index (κ1) is 16.0. The molecule has 114 valence electrons. The Morgan fingerprint density at radius 3 is 1.82 bits per heavy atom. The molecule has 0 aliphatic rings. The van der Waals surface area contributed by atoms with E-state index in [9.17, 15) is 4.79 Å². The van der Waals surface area contributed by atoms with Crippen molar-refractivity contribution in [2.75, 3.05) is 7.11 Å². The summed E-state index contributed by atoms with van der Waals surface area (Å²) in [4.78, 5) is 12.3. The molecular formula is C20H22O2. The first-order valence-corrected chi connectivity index (χ1v) is 7.70. The molecule has 2 nitrogen and oxygen atoms in total. The molecule has 2 aromatic carbocycles. The average molecular weight is 294 g/mol. The molecule has 2 rings (SSSR count). The van der Waals surface area contributed by atoms with E-state index in [2.05, 4.69) is 6.92 Å². The molecule has 0 atom stereocenters. The molecule has 2 aromatic rings. The van der Waals surface area contributed by atoms with Crippen LogP contribution in [-0.2, 0) is 9.53 Å². The largest absolute Gasteiger partial charge is 0.466 e. The summed E-state index contributed by atoms with van der Waals surface area (Å²) in [6, 6.07) is 20.1. The van der Waals surface area contributed by atoms with Crippen LogP contribution in [0.15, 0.2) is 66.2 Å². The highest BCUT2D eigenvalue weighted by molar-refractivity contribution is 6.01. The van der Waals surface area contributed by atoms with Crippen LogP contribution in [0.5, 0.6) is 0 Å². The summed E-state index contributed by atoms with van der Waals surface area (Å²) >= 11 is 0. The number of unbranched alkanes of at least 4 members (excludes halogenated alkanes) is 1. The molecule has 0 fully saturated rings. The van der Waals surface area contributed by atoms with Gasteiger partial charge in [-0.05, 0) is 29.5 Å². The van der Waals surface area contributed by atoms with Crippen molar-refractivity contribution in [3.05, 3.63) is 77.4 Å². The number of carbonyl (C=O) groups is 1. The van der Waals surface area contributed by atoms with Gasteiger partial charge in [0.25, 0.3) is 0 Å². The summed E-state index contributed by atoms with van der Waals surface area (Å²) in [6.07, 6.45) is 2.73. The molecule has 0 N–H and O–H groups in total. The molecule has 0 aliphatic carbocycles. The van der Waals surface area contributed by atoms with Crippen LogP contribution in [0.1, 0.15) is 37.3 Å². The van der Waals surface area contributed by atoms with Gasteiger partial charge >= 0.3 is 5.97 Å². The van der Waals surface area contributed by atoms with E-state index in [1.54, 1.807) is 0 Å². The molecule has 22 heavy (non-hydrogen) atoms. The van der Waals surface area contributed by atoms with Crippen LogP contribution in [0.2, 0.25) is 0 Å². The van der Waals surface area contributed by atoms with Gasteiger partial charge in [0, 0.05) is 5.57 Å². The van der Waals surface area contributed by atoms with Crippen LogP contribution in [-0.4, -0.2) is 13.1 Å². The Morgan fingerprint density at radius 2 is 1.41 bits per heavy atom. The van der Waals surface area contributed by atoms with E-state index in [0.717, 1.165) is 41.5 Å². The van der Waals surface area contributed by atoms with E-state index in [4.69, 9.17) is 4.74 Å². The molecule has 0 heterocycles. The van der Waals surface area contributed by atoms with Gasteiger partial charge < -0.3 is 4.74 Å². The minimum atomic E-state index is -0.240. The molecule has 0 saturated carbocycles. The third-order valence-corrected chi connectivity index (χ3v) is 3.64. The van der Waals surface area contributed by atoms with Gasteiger partial charge in [-0.15, -0.1) is 0 Å². The summed E-state index contributed by atoms with van der Waals surface area (Å²) in [5.41, 5.74) is 3.82. The Bertz CT molecular complexity index is 586. The highest BCUT2D eigenvalue weighted by Crippen LogP contribution is 2.30. The molecule has 0 saturated heterocycles. The van der Waals surface area contributed by atoms with Crippen molar-refractivity contribution in [1.82, 2.24) is 0 Å². The summed E-state index contributed by atoms with van der Waals surface area (Å²) in [7, 11) is 1.45. The number of methoxy groups -OCH3 is 1. The van der Waals surface area contributed by atoms with Gasteiger partial charge in [-0.25, -0.2) is 4.79 Å². The van der Waals surface area contributed by atoms with Gasteiger partial charge in [0.15, 0.2) is 0 Å². The summed E-state index contributed by atoms with van der Waals surface area (Å²) in [5, 5.41) is 0. The fourth-order valence-corrected chi connectivity index (χ4v) is 2.53. The van der Waals surface area contributed by atoms with Crippen LogP contribution >= 0.6 is 0 Å². The molecule has 2 heteroatoms. The topological polar surface area (TPSA) is 26.3 Å². The van der Waals surface area contributed by atoms with E-state index in [1.165, 1.54) is 7.11 Å². The van der Waals surface area contributed by atoms with Gasteiger partial charge in [-0.2, -0.15) is 0 Å². The lowest BCUT2D eigenvalue weighted by Crippen LogP contribution is -2.09. The lowest BCUT2D eigenvalue weighted by molar-refractivity contribution is -0.136. The molecule has 0 spiro atoms. The van der Waals surface area contributed by atoms with E-state index >= 15 is 0 Å². The third-order valence-electron chi connectivity index (χ3n) is 3.64. The smallest absolute Gasteiger partial charge is 0.334 e. The quantitative estimate of drug-likeness (QED) is 0.562. The Morgan fingerprint density at radius 1 is 0.909 bits per heavy atom. The highest BCUT2D eigenvalue weighted by atomic mass is 16.5. The summed E-state index contributed by atoms with van der Waals surface area (Å²) in [5.74, 6) is -0.240. The monoisotopic (exact) mass is 294 g/mol. The van der Waals surface area contributed by atoms with Crippen molar-refractivity contribution in [2.45, 2.75) is 26.2 Å².